The van der Waals surface area contributed by atoms with Gasteiger partial charge in [0.05, 0.1) is 10.6 Å². The number of pyridine rings is 1. The molecule has 1 aromatic heterocycles. The Morgan fingerprint density at radius 3 is 2.62 bits per heavy atom. The van der Waals surface area contributed by atoms with Crippen LogP contribution in [-0.2, 0) is 15.8 Å². The van der Waals surface area contributed by atoms with Crippen molar-refractivity contribution in [1.29, 1.82) is 0 Å². The zero-order chi connectivity index (χ0) is 12.1. The fourth-order valence-corrected chi connectivity index (χ4v) is 1.75. The lowest BCUT2D eigenvalue weighted by atomic mass is 10.3. The summed E-state index contributed by atoms with van der Waals surface area (Å²) in [5.74, 6) is -0.178. The van der Waals surface area contributed by atoms with E-state index in [0.717, 1.165) is 11.8 Å². The van der Waals surface area contributed by atoms with Crippen LogP contribution >= 0.6 is 11.8 Å². The molecule has 0 spiro atoms. The van der Waals surface area contributed by atoms with Crippen LogP contribution in [0.4, 0.5) is 0 Å². The van der Waals surface area contributed by atoms with E-state index in [1.54, 1.807) is 0 Å². The zero-order valence-corrected chi connectivity index (χ0v) is 10.1. The zero-order valence-electron chi connectivity index (χ0n) is 8.50. The van der Waals surface area contributed by atoms with Crippen LogP contribution in [0.2, 0.25) is 0 Å². The monoisotopic (exact) mass is 258 g/mol. The minimum absolute atomic E-state index is 0.0629. The predicted molar refractivity (Wildman–Crippen MR) is 62.3 cm³/mol. The average Bonchev–Trinajstić information content (AvgIpc) is 2.26. The van der Waals surface area contributed by atoms with Crippen LogP contribution in [0, 0.1) is 0 Å². The van der Waals surface area contributed by atoms with E-state index >= 15 is 0 Å². The highest BCUT2D eigenvalue weighted by atomic mass is 32.2. The van der Waals surface area contributed by atoms with Crippen molar-refractivity contribution in [2.75, 3.05) is 5.75 Å². The summed E-state index contributed by atoms with van der Waals surface area (Å²) < 4.78 is 10.9. The Labute approximate surface area is 99.4 Å². The lowest BCUT2D eigenvalue weighted by Crippen LogP contribution is -2.08. The largest absolute Gasteiger partial charge is 0.291 e. The van der Waals surface area contributed by atoms with Gasteiger partial charge in [-0.15, -0.1) is 0 Å². The first kappa shape index (κ1) is 13.0. The van der Waals surface area contributed by atoms with Crippen molar-refractivity contribution in [2.24, 2.45) is 5.14 Å². The van der Waals surface area contributed by atoms with Crippen LogP contribution in [0.25, 0.3) is 0 Å². The highest BCUT2D eigenvalue weighted by Gasteiger charge is 2.09. The molecule has 0 aromatic carbocycles. The Balaban J connectivity index is 2.70. The van der Waals surface area contributed by atoms with E-state index in [1.165, 1.54) is 25.3 Å². The third-order valence-electron chi connectivity index (χ3n) is 1.66. The van der Waals surface area contributed by atoms with E-state index in [4.69, 9.17) is 5.14 Å². The highest BCUT2D eigenvalue weighted by molar-refractivity contribution is 8.14. The fourth-order valence-electron chi connectivity index (χ4n) is 0.905. The molecule has 0 aliphatic rings. The van der Waals surface area contributed by atoms with Gasteiger partial charge < -0.3 is 0 Å². The van der Waals surface area contributed by atoms with Gasteiger partial charge in [-0.1, -0.05) is 11.8 Å². The maximum Gasteiger partial charge on any atom is 0.191 e. The number of hydrogen-bond acceptors (Lipinski definition) is 5. The Bertz CT molecular complexity index is 431. The molecule has 1 unspecified atom stereocenters. The number of aromatic nitrogens is 1. The van der Waals surface area contributed by atoms with Crippen molar-refractivity contribution >= 4 is 33.6 Å². The molecule has 0 saturated heterocycles. The van der Waals surface area contributed by atoms with Gasteiger partial charge in [0.25, 0.3) is 0 Å². The van der Waals surface area contributed by atoms with Gasteiger partial charge in [0.2, 0.25) is 0 Å². The number of nitrogens with zero attached hydrogens (tertiary/aromatic N) is 1. The Morgan fingerprint density at radius 2 is 2.19 bits per heavy atom. The number of thioether (sulfide) groups is 1. The highest BCUT2D eigenvalue weighted by Crippen LogP contribution is 2.08. The Hall–Kier alpha value is -1.05. The molecule has 2 N–H and O–H groups in total. The summed E-state index contributed by atoms with van der Waals surface area (Å²) in [7, 11) is -1.59. The lowest BCUT2D eigenvalue weighted by molar-refractivity contribution is -0.109. The molecule has 1 aromatic rings. The predicted octanol–water partition coefficient (Wildman–Crippen LogP) is 0.525. The van der Waals surface area contributed by atoms with Gasteiger partial charge in [0.15, 0.2) is 10.9 Å². The van der Waals surface area contributed by atoms with Crippen LogP contribution in [0.5, 0.6) is 0 Å². The summed E-state index contributed by atoms with van der Waals surface area (Å²) >= 11 is 0.932. The van der Waals surface area contributed by atoms with Crippen LogP contribution in [-0.4, -0.2) is 25.8 Å². The summed E-state index contributed by atoms with van der Waals surface area (Å²) in [4.78, 5) is 26.3. The van der Waals surface area contributed by atoms with Crippen molar-refractivity contribution in [2.45, 2.75) is 11.8 Å². The molecule has 0 fully saturated rings. The molecule has 0 saturated carbocycles. The number of hydrogen-bond donors (Lipinski definition) is 1. The molecule has 1 rings (SSSR count). The third kappa shape index (κ3) is 3.84. The maximum absolute atomic E-state index is 11.5. The maximum atomic E-state index is 11.5. The van der Waals surface area contributed by atoms with Crippen molar-refractivity contribution in [1.82, 2.24) is 4.98 Å². The first-order chi connectivity index (χ1) is 7.50. The molecule has 0 bridgehead atoms. The van der Waals surface area contributed by atoms with E-state index in [2.05, 4.69) is 4.98 Å². The Morgan fingerprint density at radius 1 is 1.50 bits per heavy atom. The Kier molecular flexibility index (Phi) is 4.78. The smallest absolute Gasteiger partial charge is 0.191 e. The quantitative estimate of drug-likeness (QED) is 0.795. The van der Waals surface area contributed by atoms with Crippen LogP contribution < -0.4 is 5.14 Å². The van der Waals surface area contributed by atoms with Crippen molar-refractivity contribution in [3.8, 4) is 0 Å². The summed E-state index contributed by atoms with van der Waals surface area (Å²) in [5.41, 5.74) is 0.239. The SMILES string of the molecule is CC(=O)SCC(=O)c1ccc(S(N)=O)cn1. The van der Waals surface area contributed by atoms with Gasteiger partial charge >= 0.3 is 0 Å². The van der Waals surface area contributed by atoms with E-state index < -0.39 is 11.0 Å². The molecular formula is C9H10N2O3S2. The molecule has 0 aliphatic carbocycles. The number of nitrogens with two attached hydrogens (primary N) is 1. The molecule has 16 heavy (non-hydrogen) atoms. The molecule has 0 amide bonds. The van der Waals surface area contributed by atoms with Gasteiger partial charge in [-0.2, -0.15) is 0 Å². The van der Waals surface area contributed by atoms with Crippen molar-refractivity contribution < 1.29 is 13.8 Å². The number of ketones is 1. The minimum Gasteiger partial charge on any atom is -0.291 e. The van der Waals surface area contributed by atoms with E-state index in [1.807, 2.05) is 0 Å². The third-order valence-corrected chi connectivity index (χ3v) is 3.18. The topological polar surface area (TPSA) is 90.1 Å². The van der Waals surface area contributed by atoms with Crippen LogP contribution in [0.3, 0.4) is 0 Å². The normalized spacial score (nSPS) is 12.1. The van der Waals surface area contributed by atoms with Crippen LogP contribution in [0.15, 0.2) is 23.2 Å². The number of carbonyl (C=O) groups excluding carboxylic acids is 2. The minimum atomic E-state index is -1.59. The second-order valence-electron chi connectivity index (χ2n) is 2.88. The molecule has 0 aliphatic heterocycles. The first-order valence-electron chi connectivity index (χ1n) is 4.29. The summed E-state index contributed by atoms with van der Waals surface area (Å²) in [6.45, 7) is 1.39. The average molecular weight is 258 g/mol. The van der Waals surface area contributed by atoms with Gasteiger partial charge in [0, 0.05) is 13.1 Å². The van der Waals surface area contributed by atoms with Crippen molar-refractivity contribution in [3.05, 3.63) is 24.0 Å². The number of carbonyl (C=O) groups is 2. The number of rotatable bonds is 4. The first-order valence-corrected chi connectivity index (χ1v) is 6.49. The number of Topliss-reactive ketones (excluding diaryl/α,β-unsaturated/α-hetero) is 1. The molecule has 7 heteroatoms. The van der Waals surface area contributed by atoms with Gasteiger partial charge in [-0.3, -0.25) is 14.6 Å². The lowest BCUT2D eigenvalue weighted by Gasteiger charge is -1.99. The molecule has 1 atom stereocenters. The van der Waals surface area contributed by atoms with E-state index in [-0.39, 0.29) is 22.3 Å². The van der Waals surface area contributed by atoms with Gasteiger partial charge in [-0.25, -0.2) is 9.35 Å². The molecule has 86 valence electrons. The molecule has 1 heterocycles. The molecule has 0 radical (unpaired) electrons. The van der Waals surface area contributed by atoms with Gasteiger partial charge in [0.1, 0.15) is 16.7 Å². The molecule has 5 nitrogen and oxygen atoms in total. The second kappa shape index (κ2) is 5.88. The van der Waals surface area contributed by atoms with Crippen LogP contribution in [0.1, 0.15) is 17.4 Å². The summed E-state index contributed by atoms with van der Waals surface area (Å²) in [6, 6.07) is 2.93. The van der Waals surface area contributed by atoms with E-state index in [9.17, 15) is 13.8 Å². The van der Waals surface area contributed by atoms with E-state index in [0.29, 0.717) is 4.90 Å². The van der Waals surface area contributed by atoms with Gasteiger partial charge in [-0.05, 0) is 12.1 Å². The second-order valence-corrected chi connectivity index (χ2v) is 5.10. The van der Waals surface area contributed by atoms with Crippen molar-refractivity contribution in [3.63, 3.8) is 0 Å². The fraction of sp³-hybridized carbons (Fsp3) is 0.222. The molecular weight excluding hydrogens is 248 g/mol. The standard InChI is InChI=1S/C9H10N2O3S2/c1-6(12)15-5-9(13)8-3-2-7(4-11-8)16(10)14/h2-4H,5,10H2,1H3. The summed E-state index contributed by atoms with van der Waals surface area (Å²) in [6.07, 6.45) is 1.29. The summed E-state index contributed by atoms with van der Waals surface area (Å²) in [5, 5.41) is 5.02.